The summed E-state index contributed by atoms with van der Waals surface area (Å²) in [5, 5.41) is 0. The number of rotatable bonds is 2. The van der Waals surface area contributed by atoms with E-state index in [4.69, 9.17) is 0 Å². The van der Waals surface area contributed by atoms with Crippen LogP contribution in [-0.4, -0.2) is 4.57 Å². The summed E-state index contributed by atoms with van der Waals surface area (Å²) >= 11 is 0. The molecule has 0 saturated carbocycles. The predicted octanol–water partition coefficient (Wildman–Crippen LogP) is 2.63. The maximum absolute atomic E-state index is 11.9. The molecule has 2 nitrogen and oxygen atoms in total. The second-order valence-electron chi connectivity index (χ2n) is 4.41. The monoisotopic (exact) mass is 193 g/mol. The molecule has 0 aliphatic heterocycles. The van der Waals surface area contributed by atoms with Gasteiger partial charge in [-0.1, -0.05) is 27.7 Å². The van der Waals surface area contributed by atoms with E-state index in [0.717, 1.165) is 5.56 Å². The van der Waals surface area contributed by atoms with E-state index in [1.165, 1.54) is 5.56 Å². The first-order valence-electron chi connectivity index (χ1n) is 5.14. The zero-order valence-electron chi connectivity index (χ0n) is 9.66. The molecule has 0 fully saturated rings. The fraction of sp³-hybridized carbons (Fsp3) is 0.583. The van der Waals surface area contributed by atoms with Crippen LogP contribution in [0.25, 0.3) is 0 Å². The van der Waals surface area contributed by atoms with Crippen LogP contribution in [0.4, 0.5) is 0 Å². The molecule has 1 aromatic heterocycles. The minimum atomic E-state index is 0.145. The van der Waals surface area contributed by atoms with Crippen LogP contribution in [0.2, 0.25) is 0 Å². The van der Waals surface area contributed by atoms with Gasteiger partial charge >= 0.3 is 0 Å². The summed E-state index contributed by atoms with van der Waals surface area (Å²) < 4.78 is 1.65. The number of pyridine rings is 1. The Kier molecular flexibility index (Phi) is 3.14. The van der Waals surface area contributed by atoms with Crippen LogP contribution in [0.1, 0.15) is 50.7 Å². The van der Waals surface area contributed by atoms with Crippen molar-refractivity contribution in [1.82, 2.24) is 4.57 Å². The Morgan fingerprint density at radius 3 is 2.14 bits per heavy atom. The van der Waals surface area contributed by atoms with E-state index in [1.807, 2.05) is 6.20 Å². The predicted molar refractivity (Wildman–Crippen MR) is 59.9 cm³/mol. The maximum atomic E-state index is 11.9. The molecule has 0 unspecified atom stereocenters. The van der Waals surface area contributed by atoms with Crippen molar-refractivity contribution in [1.29, 1.82) is 0 Å². The highest BCUT2D eigenvalue weighted by molar-refractivity contribution is 5.29. The molecule has 14 heavy (non-hydrogen) atoms. The smallest absolute Gasteiger partial charge is 0.254 e. The van der Waals surface area contributed by atoms with Gasteiger partial charge in [0.25, 0.3) is 5.56 Å². The Hall–Kier alpha value is -1.05. The molecule has 1 aromatic rings. The molecule has 0 aliphatic rings. The van der Waals surface area contributed by atoms with Gasteiger partial charge in [0.1, 0.15) is 0 Å². The summed E-state index contributed by atoms with van der Waals surface area (Å²) in [6.45, 7) is 8.40. The summed E-state index contributed by atoms with van der Waals surface area (Å²) in [6.07, 6.45) is 1.85. The lowest BCUT2D eigenvalue weighted by molar-refractivity contribution is 0.733. The van der Waals surface area contributed by atoms with E-state index in [9.17, 15) is 4.79 Å². The van der Waals surface area contributed by atoms with Crippen molar-refractivity contribution in [2.75, 3.05) is 0 Å². The van der Waals surface area contributed by atoms with Crippen molar-refractivity contribution in [2.24, 2.45) is 7.05 Å². The summed E-state index contributed by atoms with van der Waals surface area (Å²) in [6, 6.07) is 2.06. The third-order valence-corrected chi connectivity index (χ3v) is 2.54. The zero-order valence-corrected chi connectivity index (χ0v) is 9.66. The molecule has 0 aromatic carbocycles. The van der Waals surface area contributed by atoms with Crippen LogP contribution in [0.15, 0.2) is 17.1 Å². The highest BCUT2D eigenvalue weighted by Gasteiger charge is 2.14. The van der Waals surface area contributed by atoms with E-state index in [1.54, 1.807) is 11.6 Å². The van der Waals surface area contributed by atoms with Crippen LogP contribution in [-0.2, 0) is 7.05 Å². The van der Waals surface area contributed by atoms with E-state index in [2.05, 4.69) is 33.8 Å². The van der Waals surface area contributed by atoms with Crippen molar-refractivity contribution in [3.63, 3.8) is 0 Å². The van der Waals surface area contributed by atoms with Gasteiger partial charge in [0, 0.05) is 18.8 Å². The van der Waals surface area contributed by atoms with Gasteiger partial charge in [0.05, 0.1) is 0 Å². The highest BCUT2D eigenvalue weighted by Crippen LogP contribution is 2.22. The minimum Gasteiger partial charge on any atom is -0.318 e. The lowest BCUT2D eigenvalue weighted by Crippen LogP contribution is -2.23. The van der Waals surface area contributed by atoms with Gasteiger partial charge in [-0.05, 0) is 23.5 Å². The molecule has 0 saturated heterocycles. The van der Waals surface area contributed by atoms with Crippen molar-refractivity contribution in [2.45, 2.75) is 39.5 Å². The van der Waals surface area contributed by atoms with E-state index in [-0.39, 0.29) is 5.56 Å². The van der Waals surface area contributed by atoms with E-state index >= 15 is 0 Å². The number of aromatic nitrogens is 1. The van der Waals surface area contributed by atoms with Gasteiger partial charge in [0.15, 0.2) is 0 Å². The Morgan fingerprint density at radius 2 is 1.71 bits per heavy atom. The van der Waals surface area contributed by atoms with Crippen LogP contribution in [0.3, 0.4) is 0 Å². The number of aryl methyl sites for hydroxylation is 1. The third kappa shape index (κ3) is 1.89. The first kappa shape index (κ1) is 11.0. The summed E-state index contributed by atoms with van der Waals surface area (Å²) in [7, 11) is 1.80. The largest absolute Gasteiger partial charge is 0.318 e. The van der Waals surface area contributed by atoms with Gasteiger partial charge in [-0.25, -0.2) is 0 Å². The standard InChI is InChI=1S/C12H19NO/c1-8(2)10-6-7-13(5)12(14)11(10)9(3)4/h6-9H,1-5H3. The molecule has 2 heteroatoms. The van der Waals surface area contributed by atoms with Crippen molar-refractivity contribution in [3.05, 3.63) is 33.7 Å². The molecule has 1 heterocycles. The highest BCUT2D eigenvalue weighted by atomic mass is 16.1. The quantitative estimate of drug-likeness (QED) is 0.707. The maximum Gasteiger partial charge on any atom is 0.254 e. The fourth-order valence-electron chi connectivity index (χ4n) is 1.75. The molecule has 0 N–H and O–H groups in total. The summed E-state index contributed by atoms with van der Waals surface area (Å²) in [5.74, 6) is 0.716. The normalized spacial score (nSPS) is 11.4. The average molecular weight is 193 g/mol. The molecule has 0 bridgehead atoms. The molecule has 0 amide bonds. The second kappa shape index (κ2) is 3.99. The molecule has 0 spiro atoms. The second-order valence-corrected chi connectivity index (χ2v) is 4.41. The van der Waals surface area contributed by atoms with E-state index < -0.39 is 0 Å². The Balaban J connectivity index is 3.46. The van der Waals surface area contributed by atoms with Gasteiger partial charge in [-0.3, -0.25) is 4.79 Å². The summed E-state index contributed by atoms with van der Waals surface area (Å²) in [5.41, 5.74) is 2.29. The number of hydrogen-bond donors (Lipinski definition) is 0. The van der Waals surface area contributed by atoms with Gasteiger partial charge < -0.3 is 4.57 Å². The van der Waals surface area contributed by atoms with Crippen LogP contribution >= 0.6 is 0 Å². The first-order chi connectivity index (χ1) is 6.45. The number of nitrogens with zero attached hydrogens (tertiary/aromatic N) is 1. The van der Waals surface area contributed by atoms with Crippen molar-refractivity contribution in [3.8, 4) is 0 Å². The SMILES string of the molecule is CC(C)c1ccn(C)c(=O)c1C(C)C. The molecule has 78 valence electrons. The molecule has 1 rings (SSSR count). The molecule has 0 aliphatic carbocycles. The molecule has 0 radical (unpaired) electrons. The zero-order chi connectivity index (χ0) is 10.9. The van der Waals surface area contributed by atoms with Crippen molar-refractivity contribution < 1.29 is 0 Å². The topological polar surface area (TPSA) is 22.0 Å². The number of hydrogen-bond acceptors (Lipinski definition) is 1. The Morgan fingerprint density at radius 1 is 1.14 bits per heavy atom. The summed E-state index contributed by atoms with van der Waals surface area (Å²) in [4.78, 5) is 11.9. The average Bonchev–Trinajstić information content (AvgIpc) is 2.08. The lowest BCUT2D eigenvalue weighted by atomic mass is 9.92. The molecular formula is C12H19NO. The van der Waals surface area contributed by atoms with Gasteiger partial charge in [-0.15, -0.1) is 0 Å². The Bertz CT molecular complexity index is 374. The van der Waals surface area contributed by atoms with Crippen LogP contribution in [0.5, 0.6) is 0 Å². The molecule has 0 atom stereocenters. The van der Waals surface area contributed by atoms with Crippen LogP contribution < -0.4 is 5.56 Å². The van der Waals surface area contributed by atoms with Gasteiger partial charge in [0.2, 0.25) is 0 Å². The fourth-order valence-corrected chi connectivity index (χ4v) is 1.75. The minimum absolute atomic E-state index is 0.145. The first-order valence-corrected chi connectivity index (χ1v) is 5.14. The lowest BCUT2D eigenvalue weighted by Gasteiger charge is -2.15. The van der Waals surface area contributed by atoms with Crippen LogP contribution in [0, 0.1) is 0 Å². The molecular weight excluding hydrogens is 174 g/mol. The third-order valence-electron chi connectivity index (χ3n) is 2.54. The van der Waals surface area contributed by atoms with E-state index in [0.29, 0.717) is 11.8 Å². The Labute approximate surface area is 85.6 Å². The van der Waals surface area contributed by atoms with Crippen molar-refractivity contribution >= 4 is 0 Å². The van der Waals surface area contributed by atoms with Gasteiger partial charge in [-0.2, -0.15) is 0 Å².